The summed E-state index contributed by atoms with van der Waals surface area (Å²) in [5.74, 6) is 0. The van der Waals surface area contributed by atoms with Crippen LogP contribution in [0.4, 0.5) is 0 Å². The number of aromatic nitrogens is 1. The molecule has 0 aliphatic rings. The molecule has 0 atom stereocenters. The number of aryl methyl sites for hydroxylation is 2. The van der Waals surface area contributed by atoms with Gasteiger partial charge in [0.2, 0.25) is 0 Å². The Bertz CT molecular complexity index is 688. The van der Waals surface area contributed by atoms with Crippen molar-refractivity contribution in [1.29, 1.82) is 5.26 Å². The summed E-state index contributed by atoms with van der Waals surface area (Å²) in [6.45, 7) is 8.86. The van der Waals surface area contributed by atoms with Gasteiger partial charge in [0.1, 0.15) is 0 Å². The van der Waals surface area contributed by atoms with E-state index in [1.807, 2.05) is 18.2 Å². The van der Waals surface area contributed by atoms with Gasteiger partial charge in [-0.1, -0.05) is 33.8 Å². The zero-order valence-electron chi connectivity index (χ0n) is 14.0. The minimum absolute atomic E-state index is 0.313. The lowest BCUT2D eigenvalue weighted by Crippen LogP contribution is -2.07. The predicted molar refractivity (Wildman–Crippen MR) is 91.5 cm³/mol. The Hall–Kier alpha value is -2.14. The van der Waals surface area contributed by atoms with Gasteiger partial charge in [0.05, 0.1) is 17.3 Å². The fraction of sp³-hybridized carbons (Fsp3) is 0.400. The number of pyridine rings is 1. The van der Waals surface area contributed by atoms with Crippen LogP contribution in [0, 0.1) is 16.7 Å². The maximum atomic E-state index is 9.19. The van der Waals surface area contributed by atoms with Gasteiger partial charge in [0.15, 0.2) is 0 Å². The molecule has 0 N–H and O–H groups in total. The quantitative estimate of drug-likeness (QED) is 0.780. The Morgan fingerprint density at radius 3 is 2.55 bits per heavy atom. The lowest BCUT2D eigenvalue weighted by Gasteiger charge is -2.17. The Morgan fingerprint density at radius 2 is 1.91 bits per heavy atom. The van der Waals surface area contributed by atoms with Crippen LogP contribution in [-0.2, 0) is 12.8 Å². The van der Waals surface area contributed by atoms with E-state index in [0.717, 1.165) is 36.2 Å². The second-order valence-corrected chi connectivity index (χ2v) is 6.96. The summed E-state index contributed by atoms with van der Waals surface area (Å²) in [6.07, 6.45) is 3.02. The van der Waals surface area contributed by atoms with E-state index in [4.69, 9.17) is 4.98 Å². The SMILES string of the molecule is CCc1cc(C#N)cc(-c2cccc(CCC(C)(C)C)n2)c1. The van der Waals surface area contributed by atoms with Gasteiger partial charge in [-0.05, 0) is 60.6 Å². The number of hydrogen-bond donors (Lipinski definition) is 0. The summed E-state index contributed by atoms with van der Waals surface area (Å²) in [6, 6.07) is 14.4. The van der Waals surface area contributed by atoms with Gasteiger partial charge >= 0.3 is 0 Å². The summed E-state index contributed by atoms with van der Waals surface area (Å²) >= 11 is 0. The number of nitriles is 1. The average molecular weight is 292 g/mol. The van der Waals surface area contributed by atoms with E-state index < -0.39 is 0 Å². The molecule has 0 saturated carbocycles. The van der Waals surface area contributed by atoms with Crippen LogP contribution in [0.2, 0.25) is 0 Å². The molecule has 1 heterocycles. The molecule has 0 saturated heterocycles. The van der Waals surface area contributed by atoms with Crippen LogP contribution in [0.3, 0.4) is 0 Å². The van der Waals surface area contributed by atoms with Gasteiger partial charge in [-0.15, -0.1) is 0 Å². The zero-order valence-corrected chi connectivity index (χ0v) is 14.0. The fourth-order valence-corrected chi connectivity index (χ4v) is 2.39. The van der Waals surface area contributed by atoms with Crippen molar-refractivity contribution in [1.82, 2.24) is 4.98 Å². The second kappa shape index (κ2) is 6.75. The first-order chi connectivity index (χ1) is 10.4. The van der Waals surface area contributed by atoms with Gasteiger partial charge in [-0.2, -0.15) is 5.26 Å². The summed E-state index contributed by atoms with van der Waals surface area (Å²) in [7, 11) is 0. The maximum absolute atomic E-state index is 9.19. The van der Waals surface area contributed by atoms with Crippen LogP contribution >= 0.6 is 0 Å². The first kappa shape index (κ1) is 16.2. The van der Waals surface area contributed by atoms with E-state index in [1.54, 1.807) is 0 Å². The highest BCUT2D eigenvalue weighted by atomic mass is 14.7. The smallest absolute Gasteiger partial charge is 0.0991 e. The Balaban J connectivity index is 2.31. The van der Waals surface area contributed by atoms with Crippen LogP contribution < -0.4 is 0 Å². The molecule has 114 valence electrons. The minimum Gasteiger partial charge on any atom is -0.253 e. The van der Waals surface area contributed by atoms with Gasteiger partial charge in [0, 0.05) is 11.3 Å². The molecular formula is C20H24N2. The van der Waals surface area contributed by atoms with Crippen LogP contribution in [-0.4, -0.2) is 4.98 Å². The van der Waals surface area contributed by atoms with Crippen molar-refractivity contribution < 1.29 is 0 Å². The van der Waals surface area contributed by atoms with Gasteiger partial charge in [0.25, 0.3) is 0 Å². The minimum atomic E-state index is 0.313. The van der Waals surface area contributed by atoms with Crippen molar-refractivity contribution in [2.75, 3.05) is 0 Å². The normalized spacial score (nSPS) is 11.2. The van der Waals surface area contributed by atoms with Crippen LogP contribution in [0.5, 0.6) is 0 Å². The van der Waals surface area contributed by atoms with Crippen molar-refractivity contribution in [3.8, 4) is 17.3 Å². The van der Waals surface area contributed by atoms with E-state index >= 15 is 0 Å². The highest BCUT2D eigenvalue weighted by Crippen LogP contribution is 2.24. The van der Waals surface area contributed by atoms with Gasteiger partial charge in [-0.3, -0.25) is 4.98 Å². The molecule has 0 fully saturated rings. The molecule has 0 bridgehead atoms. The second-order valence-electron chi connectivity index (χ2n) is 6.96. The molecule has 0 aliphatic carbocycles. The summed E-state index contributed by atoms with van der Waals surface area (Å²) in [5, 5.41) is 9.19. The molecule has 1 aromatic carbocycles. The summed E-state index contributed by atoms with van der Waals surface area (Å²) in [5.41, 5.74) is 5.31. The fourth-order valence-electron chi connectivity index (χ4n) is 2.39. The first-order valence-corrected chi connectivity index (χ1v) is 7.91. The van der Waals surface area contributed by atoms with Crippen molar-refractivity contribution >= 4 is 0 Å². The molecule has 0 amide bonds. The molecule has 2 rings (SSSR count). The van der Waals surface area contributed by atoms with Crippen molar-refractivity contribution in [3.63, 3.8) is 0 Å². The van der Waals surface area contributed by atoms with E-state index in [9.17, 15) is 5.26 Å². The molecular weight excluding hydrogens is 268 g/mol. The summed E-state index contributed by atoms with van der Waals surface area (Å²) in [4.78, 5) is 4.79. The number of rotatable bonds is 4. The lowest BCUT2D eigenvalue weighted by molar-refractivity contribution is 0.376. The molecule has 0 aliphatic heterocycles. The van der Waals surface area contributed by atoms with Gasteiger partial charge in [-0.25, -0.2) is 0 Å². The van der Waals surface area contributed by atoms with Crippen LogP contribution in [0.25, 0.3) is 11.3 Å². The Kier molecular flexibility index (Phi) is 4.98. The third kappa shape index (κ3) is 4.43. The topological polar surface area (TPSA) is 36.7 Å². The van der Waals surface area contributed by atoms with Crippen LogP contribution in [0.1, 0.15) is 50.9 Å². The monoisotopic (exact) mass is 292 g/mol. The highest BCUT2D eigenvalue weighted by Gasteiger charge is 2.11. The largest absolute Gasteiger partial charge is 0.253 e. The summed E-state index contributed by atoms with van der Waals surface area (Å²) < 4.78 is 0. The molecule has 22 heavy (non-hydrogen) atoms. The molecule has 2 nitrogen and oxygen atoms in total. The molecule has 0 radical (unpaired) electrons. The standard InChI is InChI=1S/C20H24N2/c1-5-15-11-16(14-21)13-17(12-15)19-8-6-7-18(22-19)9-10-20(2,3)4/h6-8,11-13H,5,9-10H2,1-4H3. The lowest BCUT2D eigenvalue weighted by atomic mass is 9.90. The molecule has 0 spiro atoms. The third-order valence-electron chi connectivity index (χ3n) is 3.76. The predicted octanol–water partition coefficient (Wildman–Crippen LogP) is 5.16. The molecule has 1 aromatic heterocycles. The Morgan fingerprint density at radius 1 is 1.14 bits per heavy atom. The third-order valence-corrected chi connectivity index (χ3v) is 3.76. The number of hydrogen-bond acceptors (Lipinski definition) is 2. The van der Waals surface area contributed by atoms with Crippen LogP contribution in [0.15, 0.2) is 36.4 Å². The average Bonchev–Trinajstić information content (AvgIpc) is 2.52. The van der Waals surface area contributed by atoms with Crippen molar-refractivity contribution in [3.05, 3.63) is 53.2 Å². The highest BCUT2D eigenvalue weighted by molar-refractivity contribution is 5.63. The molecule has 2 heteroatoms. The van der Waals surface area contributed by atoms with Crippen molar-refractivity contribution in [2.45, 2.75) is 47.0 Å². The molecule has 0 unspecified atom stereocenters. The zero-order chi connectivity index (χ0) is 16.2. The van der Waals surface area contributed by atoms with E-state index in [-0.39, 0.29) is 0 Å². The van der Waals surface area contributed by atoms with Crippen molar-refractivity contribution in [2.24, 2.45) is 5.41 Å². The van der Waals surface area contributed by atoms with E-state index in [0.29, 0.717) is 11.0 Å². The maximum Gasteiger partial charge on any atom is 0.0991 e. The van der Waals surface area contributed by atoms with Gasteiger partial charge < -0.3 is 0 Å². The Labute approximate surface area is 133 Å². The van der Waals surface area contributed by atoms with E-state index in [2.05, 4.69) is 52.0 Å². The number of benzene rings is 1. The first-order valence-electron chi connectivity index (χ1n) is 7.91. The number of nitrogens with zero attached hydrogens (tertiary/aromatic N) is 2. The molecule has 2 aromatic rings. The van der Waals surface area contributed by atoms with E-state index in [1.165, 1.54) is 5.56 Å².